The van der Waals surface area contributed by atoms with Crippen molar-refractivity contribution in [1.82, 2.24) is 5.32 Å². The Balaban J connectivity index is 1.86. The van der Waals surface area contributed by atoms with E-state index in [1.807, 2.05) is 0 Å². The molecule has 21 heavy (non-hydrogen) atoms. The molecule has 1 aliphatic carbocycles. The molecule has 2 nitrogen and oxygen atoms in total. The maximum absolute atomic E-state index is 6.31. The average molecular weight is 308 g/mol. The first-order valence-corrected chi connectivity index (χ1v) is 8.67. The fourth-order valence-electron chi connectivity index (χ4n) is 4.06. The monoisotopic (exact) mass is 307 g/mol. The van der Waals surface area contributed by atoms with E-state index in [4.69, 9.17) is 16.3 Å². The summed E-state index contributed by atoms with van der Waals surface area (Å²) in [6.45, 7) is 6.46. The fraction of sp³-hybridized carbons (Fsp3) is 0.667. The topological polar surface area (TPSA) is 21.3 Å². The van der Waals surface area contributed by atoms with E-state index in [-0.39, 0.29) is 0 Å². The van der Waals surface area contributed by atoms with E-state index in [2.05, 4.69) is 31.3 Å². The van der Waals surface area contributed by atoms with Gasteiger partial charge in [0.2, 0.25) is 0 Å². The Bertz CT molecular complexity index is 508. The van der Waals surface area contributed by atoms with E-state index in [0.717, 1.165) is 36.8 Å². The first-order valence-electron chi connectivity index (χ1n) is 8.30. The van der Waals surface area contributed by atoms with Gasteiger partial charge in [0.15, 0.2) is 0 Å². The molecule has 1 N–H and O–H groups in total. The van der Waals surface area contributed by atoms with Gasteiger partial charge in [0.25, 0.3) is 0 Å². The van der Waals surface area contributed by atoms with Gasteiger partial charge >= 0.3 is 0 Å². The number of halogens is 1. The molecule has 2 aliphatic rings. The molecule has 0 aromatic heterocycles. The number of rotatable bonds is 5. The number of ether oxygens (including phenoxy) is 1. The highest BCUT2D eigenvalue weighted by Crippen LogP contribution is 2.43. The molecule has 0 radical (unpaired) electrons. The van der Waals surface area contributed by atoms with Gasteiger partial charge in [-0.05, 0) is 54.5 Å². The van der Waals surface area contributed by atoms with Crippen LogP contribution in [0.1, 0.15) is 50.7 Å². The molecular formula is C18H26ClNO. The van der Waals surface area contributed by atoms with Crippen LogP contribution in [0, 0.1) is 5.41 Å². The van der Waals surface area contributed by atoms with Crippen LogP contribution in [0.5, 0.6) is 5.75 Å². The number of hydrogen-bond acceptors (Lipinski definition) is 2. The summed E-state index contributed by atoms with van der Waals surface area (Å²) in [5, 5.41) is 4.57. The van der Waals surface area contributed by atoms with Crippen molar-refractivity contribution >= 4 is 11.6 Å². The van der Waals surface area contributed by atoms with E-state index in [9.17, 15) is 0 Å². The first kappa shape index (κ1) is 15.2. The van der Waals surface area contributed by atoms with Crippen molar-refractivity contribution in [2.45, 2.75) is 58.4 Å². The molecule has 0 bridgehead atoms. The number of nitrogens with one attached hydrogen (secondary N) is 1. The molecule has 1 atom stereocenters. The molecule has 3 rings (SSSR count). The van der Waals surface area contributed by atoms with E-state index < -0.39 is 0 Å². The maximum atomic E-state index is 6.31. The first-order chi connectivity index (χ1) is 10.1. The molecular weight excluding hydrogens is 282 g/mol. The summed E-state index contributed by atoms with van der Waals surface area (Å²) in [5.41, 5.74) is 2.97. The number of fused-ring (bicyclic) bond motifs is 1. The van der Waals surface area contributed by atoms with Crippen molar-refractivity contribution in [3.05, 3.63) is 28.3 Å². The lowest BCUT2D eigenvalue weighted by Gasteiger charge is -2.35. The predicted octanol–water partition coefficient (Wildman–Crippen LogP) is 4.38. The van der Waals surface area contributed by atoms with Crippen molar-refractivity contribution in [3.63, 3.8) is 0 Å². The highest BCUT2D eigenvalue weighted by Gasteiger charge is 2.37. The number of hydrogen-bond donors (Lipinski definition) is 1. The van der Waals surface area contributed by atoms with Gasteiger partial charge in [0.05, 0.1) is 6.61 Å². The minimum atomic E-state index is 0.407. The smallest absolute Gasteiger partial charge is 0.125 e. The summed E-state index contributed by atoms with van der Waals surface area (Å²) < 4.78 is 5.87. The zero-order chi connectivity index (χ0) is 14.9. The zero-order valence-corrected chi connectivity index (χ0v) is 13.9. The summed E-state index contributed by atoms with van der Waals surface area (Å²) in [6.07, 6.45) is 7.40. The Morgan fingerprint density at radius 2 is 2.10 bits per heavy atom. The van der Waals surface area contributed by atoms with E-state index in [1.165, 1.54) is 36.8 Å². The zero-order valence-electron chi connectivity index (χ0n) is 13.2. The lowest BCUT2D eigenvalue weighted by Crippen LogP contribution is -2.43. The largest absolute Gasteiger partial charge is 0.493 e. The maximum Gasteiger partial charge on any atom is 0.125 e. The van der Waals surface area contributed by atoms with Gasteiger partial charge in [-0.1, -0.05) is 38.3 Å². The third-order valence-corrected chi connectivity index (χ3v) is 5.51. The minimum Gasteiger partial charge on any atom is -0.493 e. The van der Waals surface area contributed by atoms with Crippen LogP contribution in [0.3, 0.4) is 0 Å². The Morgan fingerprint density at radius 1 is 1.33 bits per heavy atom. The Labute approximate surface area is 133 Å². The molecule has 0 spiro atoms. The number of benzene rings is 1. The molecule has 1 fully saturated rings. The molecule has 1 aliphatic heterocycles. The van der Waals surface area contributed by atoms with Gasteiger partial charge in [0.1, 0.15) is 5.75 Å². The van der Waals surface area contributed by atoms with E-state index >= 15 is 0 Å². The molecule has 1 unspecified atom stereocenters. The third kappa shape index (κ3) is 3.07. The highest BCUT2D eigenvalue weighted by molar-refractivity contribution is 6.30. The van der Waals surface area contributed by atoms with Crippen molar-refractivity contribution in [3.8, 4) is 5.75 Å². The standard InChI is InChI=1S/C18H26ClNO/c1-3-20-16(18(2)7-4-5-8-18)12-14-11-15(19)10-13-6-9-21-17(13)14/h10-11,16,20H,3-9,12H2,1-2H3. The van der Waals surface area contributed by atoms with Crippen molar-refractivity contribution in [2.75, 3.05) is 13.2 Å². The van der Waals surface area contributed by atoms with Crippen LogP contribution < -0.4 is 10.1 Å². The van der Waals surface area contributed by atoms with Crippen molar-refractivity contribution in [1.29, 1.82) is 0 Å². The van der Waals surface area contributed by atoms with Crippen molar-refractivity contribution < 1.29 is 4.74 Å². The van der Waals surface area contributed by atoms with Crippen LogP contribution in [-0.2, 0) is 12.8 Å². The van der Waals surface area contributed by atoms with Crippen LogP contribution in [0.4, 0.5) is 0 Å². The Kier molecular flexibility index (Phi) is 4.46. The van der Waals surface area contributed by atoms with E-state index in [0.29, 0.717) is 11.5 Å². The quantitative estimate of drug-likeness (QED) is 0.872. The fourth-order valence-corrected chi connectivity index (χ4v) is 4.32. The van der Waals surface area contributed by atoms with Gasteiger partial charge in [-0.25, -0.2) is 0 Å². The SMILES string of the molecule is CCNC(Cc1cc(Cl)cc2c1OCC2)C1(C)CCCC1. The molecule has 1 aromatic carbocycles. The molecule has 0 amide bonds. The normalized spacial score (nSPS) is 21.1. The van der Waals surface area contributed by atoms with Gasteiger partial charge in [-0.15, -0.1) is 0 Å². The van der Waals surface area contributed by atoms with E-state index in [1.54, 1.807) is 0 Å². The number of likely N-dealkylation sites (N-methyl/N-ethyl adjacent to an activating group) is 1. The van der Waals surface area contributed by atoms with Crippen LogP contribution >= 0.6 is 11.6 Å². The lowest BCUT2D eigenvalue weighted by molar-refractivity contribution is 0.220. The minimum absolute atomic E-state index is 0.407. The molecule has 0 saturated heterocycles. The summed E-state index contributed by atoms with van der Waals surface area (Å²) in [5.74, 6) is 1.10. The van der Waals surface area contributed by atoms with Gasteiger partial charge in [0, 0.05) is 17.5 Å². The summed E-state index contributed by atoms with van der Waals surface area (Å²) in [7, 11) is 0. The van der Waals surface area contributed by atoms with Gasteiger partial charge < -0.3 is 10.1 Å². The van der Waals surface area contributed by atoms with Gasteiger partial charge in [-0.3, -0.25) is 0 Å². The highest BCUT2D eigenvalue weighted by atomic mass is 35.5. The Hall–Kier alpha value is -0.730. The lowest BCUT2D eigenvalue weighted by atomic mass is 9.77. The Morgan fingerprint density at radius 3 is 2.81 bits per heavy atom. The summed E-state index contributed by atoms with van der Waals surface area (Å²) >= 11 is 6.31. The molecule has 1 aromatic rings. The summed E-state index contributed by atoms with van der Waals surface area (Å²) in [4.78, 5) is 0. The molecule has 116 valence electrons. The van der Waals surface area contributed by atoms with Crippen LogP contribution in [0.15, 0.2) is 12.1 Å². The molecule has 1 heterocycles. The van der Waals surface area contributed by atoms with Crippen LogP contribution in [0.25, 0.3) is 0 Å². The van der Waals surface area contributed by atoms with Crippen molar-refractivity contribution in [2.24, 2.45) is 5.41 Å². The second-order valence-electron chi connectivity index (χ2n) is 6.83. The van der Waals surface area contributed by atoms with Crippen LogP contribution in [0.2, 0.25) is 5.02 Å². The van der Waals surface area contributed by atoms with Gasteiger partial charge in [-0.2, -0.15) is 0 Å². The molecule has 3 heteroatoms. The second kappa shape index (κ2) is 6.18. The third-order valence-electron chi connectivity index (χ3n) is 5.29. The summed E-state index contributed by atoms with van der Waals surface area (Å²) in [6, 6.07) is 4.68. The predicted molar refractivity (Wildman–Crippen MR) is 88.4 cm³/mol. The van der Waals surface area contributed by atoms with Crippen LogP contribution in [-0.4, -0.2) is 19.2 Å². The molecule has 1 saturated carbocycles. The second-order valence-corrected chi connectivity index (χ2v) is 7.26. The average Bonchev–Trinajstić information content (AvgIpc) is 3.07.